The fourth-order valence-electron chi connectivity index (χ4n) is 2.08. The van der Waals surface area contributed by atoms with Crippen molar-refractivity contribution in [3.8, 4) is 0 Å². The molecule has 0 saturated carbocycles. The van der Waals surface area contributed by atoms with Crippen LogP contribution >= 0.6 is 0 Å². The van der Waals surface area contributed by atoms with Gasteiger partial charge in [0.2, 0.25) is 0 Å². The van der Waals surface area contributed by atoms with Crippen LogP contribution in [0.25, 0.3) is 0 Å². The zero-order valence-electron chi connectivity index (χ0n) is 14.1. The molecule has 0 saturated heterocycles. The second-order valence-corrected chi connectivity index (χ2v) is 5.35. The normalized spacial score (nSPS) is 11.1. The van der Waals surface area contributed by atoms with Gasteiger partial charge in [0.25, 0.3) is 0 Å². The van der Waals surface area contributed by atoms with Crippen molar-refractivity contribution in [3.63, 3.8) is 0 Å². The summed E-state index contributed by atoms with van der Waals surface area (Å²) >= 11 is 0. The summed E-state index contributed by atoms with van der Waals surface area (Å²) in [5, 5.41) is 10.2. The van der Waals surface area contributed by atoms with Gasteiger partial charge in [-0.1, -0.05) is 63.3 Å². The van der Waals surface area contributed by atoms with E-state index in [0.717, 1.165) is 32.1 Å². The van der Waals surface area contributed by atoms with Gasteiger partial charge in [-0.2, -0.15) is 0 Å². The maximum absolute atomic E-state index is 10.2. The summed E-state index contributed by atoms with van der Waals surface area (Å²) in [5.41, 5.74) is 0. The third kappa shape index (κ3) is 22.4. The van der Waals surface area contributed by atoms with Gasteiger partial charge in [-0.3, -0.25) is 0 Å². The first kappa shape index (κ1) is 23.2. The van der Waals surface area contributed by atoms with Crippen LogP contribution in [0.5, 0.6) is 0 Å². The topological polar surface area (TPSA) is 40.1 Å². The van der Waals surface area contributed by atoms with Crippen LogP contribution in [0, 0.1) is 0 Å². The Hall–Kier alpha value is -0.0500. The first-order chi connectivity index (χ1) is 9.77. The number of allylic oxidation sites excluding steroid dienone is 4. The first-order valence-corrected chi connectivity index (χ1v) is 8.27. The van der Waals surface area contributed by atoms with Crippen LogP contribution in [0.3, 0.4) is 0 Å². The van der Waals surface area contributed by atoms with Crippen molar-refractivity contribution in [2.24, 2.45) is 0 Å². The van der Waals surface area contributed by atoms with Crippen LogP contribution in [0.2, 0.25) is 0 Å². The number of carboxylic acids is 1. The van der Waals surface area contributed by atoms with E-state index in [1.54, 1.807) is 0 Å². The maximum atomic E-state index is 10.2. The predicted molar refractivity (Wildman–Crippen MR) is 84.4 cm³/mol. The minimum Gasteiger partial charge on any atom is -0.550 e. The smallest absolute Gasteiger partial charge is 0.550 e. The van der Waals surface area contributed by atoms with Gasteiger partial charge in [0, 0.05) is 5.97 Å². The Kier molecular flexibility index (Phi) is 22.1. The van der Waals surface area contributed by atoms with Crippen molar-refractivity contribution >= 4 is 5.97 Å². The molecule has 0 radical (unpaired) electrons. The summed E-state index contributed by atoms with van der Waals surface area (Å²) in [6.45, 7) is 2.23. The molecule has 3 heteroatoms. The number of aliphatic carboxylic acids is 1. The molecular weight excluding hydrogens is 271 g/mol. The Labute approximate surface area is 153 Å². The first-order valence-electron chi connectivity index (χ1n) is 8.27. The quantitative estimate of drug-likeness (QED) is 0.277. The molecule has 0 amide bonds. The molecule has 0 aliphatic rings. The summed E-state index contributed by atoms with van der Waals surface area (Å²) in [4.78, 5) is 10.2. The number of hydrogen-bond donors (Lipinski definition) is 0. The van der Waals surface area contributed by atoms with Crippen molar-refractivity contribution in [1.29, 1.82) is 0 Å². The average molecular weight is 302 g/mol. The fraction of sp³-hybridized carbons (Fsp3) is 0.722. The van der Waals surface area contributed by atoms with Crippen LogP contribution in [0.15, 0.2) is 24.3 Å². The van der Waals surface area contributed by atoms with Crippen LogP contribution in [-0.4, -0.2) is 5.97 Å². The van der Waals surface area contributed by atoms with E-state index in [0.29, 0.717) is 0 Å². The molecule has 0 aromatic carbocycles. The van der Waals surface area contributed by atoms with Gasteiger partial charge in [0.15, 0.2) is 0 Å². The van der Waals surface area contributed by atoms with Crippen molar-refractivity contribution in [3.05, 3.63) is 24.3 Å². The van der Waals surface area contributed by atoms with Crippen molar-refractivity contribution in [2.75, 3.05) is 0 Å². The second kappa shape index (κ2) is 19.9. The van der Waals surface area contributed by atoms with Crippen molar-refractivity contribution < 1.29 is 39.5 Å². The second-order valence-electron chi connectivity index (χ2n) is 5.35. The van der Waals surface area contributed by atoms with E-state index in [9.17, 15) is 9.90 Å². The summed E-state index contributed by atoms with van der Waals surface area (Å²) in [6, 6.07) is 0. The van der Waals surface area contributed by atoms with E-state index in [1.807, 2.05) is 0 Å². The van der Waals surface area contributed by atoms with Gasteiger partial charge >= 0.3 is 29.6 Å². The maximum Gasteiger partial charge on any atom is 1.00 e. The van der Waals surface area contributed by atoms with Crippen LogP contribution in [0.4, 0.5) is 0 Å². The largest absolute Gasteiger partial charge is 1.00 e. The van der Waals surface area contributed by atoms with Gasteiger partial charge in [-0.05, 0) is 44.9 Å². The van der Waals surface area contributed by atoms with Gasteiger partial charge in [-0.25, -0.2) is 0 Å². The molecule has 21 heavy (non-hydrogen) atoms. The van der Waals surface area contributed by atoms with Crippen LogP contribution < -0.4 is 34.7 Å². The Morgan fingerprint density at radius 1 is 0.810 bits per heavy atom. The van der Waals surface area contributed by atoms with Gasteiger partial charge in [0.05, 0.1) is 0 Å². The average Bonchev–Trinajstić information content (AvgIpc) is 2.43. The van der Waals surface area contributed by atoms with Crippen LogP contribution in [0.1, 0.15) is 84.0 Å². The Bertz CT molecular complexity index is 272. The molecular formula is C18H31NaO2. The molecule has 2 nitrogen and oxygen atoms in total. The number of carbonyl (C=O) groups excluding carboxylic acids is 1. The Morgan fingerprint density at radius 3 is 1.90 bits per heavy atom. The van der Waals surface area contributed by atoms with E-state index in [4.69, 9.17) is 0 Å². The standard InChI is InChI=1S/C18H32O2.Na/c1-2-3-4-5-6-7-8-9-10-11-12-13-14-15-16-17-18(19)20;/h6-7,9-10H,2-5,8,11-17H2,1H3,(H,19,20);/q;+1/p-1/b7-6+,10-9-;. The number of carboxylic acid groups (broad SMARTS) is 1. The number of hydrogen-bond acceptors (Lipinski definition) is 2. The van der Waals surface area contributed by atoms with E-state index in [1.165, 1.54) is 38.5 Å². The van der Waals surface area contributed by atoms with Crippen molar-refractivity contribution in [2.45, 2.75) is 84.0 Å². The third-order valence-corrected chi connectivity index (χ3v) is 3.33. The molecule has 116 valence electrons. The van der Waals surface area contributed by atoms with Gasteiger partial charge in [0.1, 0.15) is 0 Å². The fourth-order valence-corrected chi connectivity index (χ4v) is 2.08. The number of rotatable bonds is 14. The third-order valence-electron chi connectivity index (χ3n) is 3.33. The molecule has 0 aliphatic heterocycles. The summed E-state index contributed by atoms with van der Waals surface area (Å²) in [6.07, 6.45) is 21.9. The molecule has 0 heterocycles. The van der Waals surface area contributed by atoms with E-state index < -0.39 is 5.97 Å². The Balaban J connectivity index is 0. The Morgan fingerprint density at radius 2 is 1.33 bits per heavy atom. The molecule has 0 rings (SSSR count). The summed E-state index contributed by atoms with van der Waals surface area (Å²) in [5.74, 6) is -0.921. The predicted octanol–water partition coefficient (Wildman–Crippen LogP) is 1.55. The monoisotopic (exact) mass is 302 g/mol. The molecule has 0 unspecified atom stereocenters. The minimum atomic E-state index is -0.921. The minimum absolute atomic E-state index is 0. The van der Waals surface area contributed by atoms with Crippen LogP contribution in [-0.2, 0) is 4.79 Å². The van der Waals surface area contributed by atoms with Crippen molar-refractivity contribution in [1.82, 2.24) is 0 Å². The zero-order valence-corrected chi connectivity index (χ0v) is 16.1. The molecule has 0 atom stereocenters. The summed E-state index contributed by atoms with van der Waals surface area (Å²) in [7, 11) is 0. The van der Waals surface area contributed by atoms with E-state index in [2.05, 4.69) is 31.2 Å². The molecule has 0 N–H and O–H groups in total. The summed E-state index contributed by atoms with van der Waals surface area (Å²) < 4.78 is 0. The zero-order chi connectivity index (χ0) is 14.9. The number of unbranched alkanes of at least 4 members (excludes halogenated alkanes) is 8. The van der Waals surface area contributed by atoms with E-state index in [-0.39, 0.29) is 36.0 Å². The molecule has 0 aliphatic carbocycles. The molecule has 0 bridgehead atoms. The molecule has 0 spiro atoms. The van der Waals surface area contributed by atoms with Gasteiger partial charge < -0.3 is 9.90 Å². The SMILES string of the molecule is CCCCC/C=C/C/C=C\CCCCCCCC(=O)[O-].[Na+]. The number of carbonyl (C=O) groups is 1. The molecule has 0 fully saturated rings. The van der Waals surface area contributed by atoms with Gasteiger partial charge in [-0.15, -0.1) is 0 Å². The molecule has 0 aromatic heterocycles. The molecule has 0 aromatic rings. The van der Waals surface area contributed by atoms with E-state index >= 15 is 0 Å².